The number of benzene rings is 1. The van der Waals surface area contributed by atoms with E-state index in [1.807, 2.05) is 0 Å². The highest BCUT2D eigenvalue weighted by molar-refractivity contribution is 7.99. The van der Waals surface area contributed by atoms with E-state index in [1.165, 1.54) is 6.07 Å². The van der Waals surface area contributed by atoms with Gasteiger partial charge >= 0.3 is 5.97 Å². The van der Waals surface area contributed by atoms with Crippen molar-refractivity contribution in [3.05, 3.63) is 23.8 Å². The molecule has 0 aliphatic heterocycles. The van der Waals surface area contributed by atoms with Gasteiger partial charge in [0.1, 0.15) is 0 Å². The fraction of sp³-hybridized carbons (Fsp3) is 0.417. The number of hydrogen-bond donors (Lipinski definition) is 2. The van der Waals surface area contributed by atoms with Gasteiger partial charge in [-0.1, -0.05) is 20.3 Å². The van der Waals surface area contributed by atoms with Crippen LogP contribution in [0.1, 0.15) is 30.6 Å². The summed E-state index contributed by atoms with van der Waals surface area (Å²) >= 11 is 1.68. The van der Waals surface area contributed by atoms with Gasteiger partial charge in [0.05, 0.1) is 5.56 Å². The molecule has 1 rings (SSSR count). The smallest absolute Gasteiger partial charge is 0.335 e. The molecule has 0 saturated carbocycles. The normalized spacial score (nSPS) is 12.4. The predicted molar refractivity (Wildman–Crippen MR) is 68.0 cm³/mol. The van der Waals surface area contributed by atoms with Crippen LogP contribution in [0.4, 0.5) is 5.69 Å². The van der Waals surface area contributed by atoms with E-state index in [4.69, 9.17) is 10.8 Å². The van der Waals surface area contributed by atoms with Gasteiger partial charge in [-0.25, -0.2) is 4.79 Å². The lowest BCUT2D eigenvalue weighted by molar-refractivity contribution is 0.0697. The van der Waals surface area contributed by atoms with Gasteiger partial charge in [0.25, 0.3) is 0 Å². The fourth-order valence-corrected chi connectivity index (χ4v) is 2.25. The summed E-state index contributed by atoms with van der Waals surface area (Å²) in [6.45, 7) is 4.34. The summed E-state index contributed by atoms with van der Waals surface area (Å²) in [5, 5.41) is 8.79. The monoisotopic (exact) mass is 239 g/mol. The fourth-order valence-electron chi connectivity index (χ4n) is 1.16. The Hall–Kier alpha value is -1.16. The van der Waals surface area contributed by atoms with Crippen molar-refractivity contribution in [3.63, 3.8) is 0 Å². The zero-order chi connectivity index (χ0) is 12.1. The maximum absolute atomic E-state index is 10.7. The number of aromatic carboxylic acids is 1. The average molecular weight is 239 g/mol. The highest BCUT2D eigenvalue weighted by Crippen LogP contribution is 2.28. The Morgan fingerprint density at radius 2 is 2.25 bits per heavy atom. The summed E-state index contributed by atoms with van der Waals surface area (Å²) < 4.78 is 0. The lowest BCUT2D eigenvalue weighted by Gasteiger charge is -2.10. The van der Waals surface area contributed by atoms with Crippen molar-refractivity contribution in [2.75, 3.05) is 11.5 Å². The molecule has 1 atom stereocenters. The molecule has 0 saturated heterocycles. The molecule has 0 heterocycles. The van der Waals surface area contributed by atoms with Crippen molar-refractivity contribution in [3.8, 4) is 0 Å². The first-order chi connectivity index (χ1) is 7.54. The van der Waals surface area contributed by atoms with E-state index in [-0.39, 0.29) is 5.56 Å². The standard InChI is InChI=1S/C12H17NO2S/c1-3-8(2)7-16-11-5-4-9(12(14)15)6-10(11)13/h4-6,8H,3,7,13H2,1-2H3,(H,14,15). The first-order valence-corrected chi connectivity index (χ1v) is 6.28. The van der Waals surface area contributed by atoms with Crippen LogP contribution in [-0.4, -0.2) is 16.8 Å². The first-order valence-electron chi connectivity index (χ1n) is 5.30. The van der Waals surface area contributed by atoms with Crippen molar-refractivity contribution in [2.45, 2.75) is 25.2 Å². The summed E-state index contributed by atoms with van der Waals surface area (Å²) in [4.78, 5) is 11.7. The van der Waals surface area contributed by atoms with Gasteiger partial charge in [0, 0.05) is 16.3 Å². The van der Waals surface area contributed by atoms with Crippen molar-refractivity contribution in [1.82, 2.24) is 0 Å². The molecule has 1 aromatic rings. The Morgan fingerprint density at radius 1 is 1.56 bits per heavy atom. The average Bonchev–Trinajstić information content (AvgIpc) is 2.26. The number of carbonyl (C=O) groups is 1. The van der Waals surface area contributed by atoms with E-state index < -0.39 is 5.97 Å². The van der Waals surface area contributed by atoms with E-state index >= 15 is 0 Å². The third-order valence-electron chi connectivity index (χ3n) is 2.48. The summed E-state index contributed by atoms with van der Waals surface area (Å²) in [6, 6.07) is 4.89. The lowest BCUT2D eigenvalue weighted by atomic mass is 10.2. The molecule has 0 aliphatic carbocycles. The second-order valence-corrected chi connectivity index (χ2v) is 4.94. The molecule has 0 bridgehead atoms. The topological polar surface area (TPSA) is 63.3 Å². The minimum atomic E-state index is -0.940. The van der Waals surface area contributed by atoms with Crippen LogP contribution in [0.2, 0.25) is 0 Å². The molecule has 88 valence electrons. The van der Waals surface area contributed by atoms with E-state index in [0.29, 0.717) is 11.6 Å². The summed E-state index contributed by atoms with van der Waals surface area (Å²) in [5.41, 5.74) is 6.59. The van der Waals surface area contributed by atoms with E-state index in [0.717, 1.165) is 17.1 Å². The largest absolute Gasteiger partial charge is 0.478 e. The van der Waals surface area contributed by atoms with Gasteiger partial charge in [0.2, 0.25) is 0 Å². The second kappa shape index (κ2) is 5.80. The highest BCUT2D eigenvalue weighted by Gasteiger charge is 2.07. The van der Waals surface area contributed by atoms with Gasteiger partial charge in [-0.3, -0.25) is 0 Å². The van der Waals surface area contributed by atoms with Crippen molar-refractivity contribution < 1.29 is 9.90 Å². The van der Waals surface area contributed by atoms with Crippen LogP contribution in [0.25, 0.3) is 0 Å². The van der Waals surface area contributed by atoms with Crippen LogP contribution in [0.5, 0.6) is 0 Å². The molecule has 1 unspecified atom stereocenters. The Balaban J connectivity index is 2.72. The second-order valence-electron chi connectivity index (χ2n) is 3.88. The van der Waals surface area contributed by atoms with Gasteiger partial charge < -0.3 is 10.8 Å². The zero-order valence-electron chi connectivity index (χ0n) is 9.56. The Bertz CT molecular complexity index is 379. The van der Waals surface area contributed by atoms with Gasteiger partial charge in [0.15, 0.2) is 0 Å². The molecule has 0 aromatic heterocycles. The number of thioether (sulfide) groups is 1. The number of carboxylic acids is 1. The summed E-state index contributed by atoms with van der Waals surface area (Å²) in [5.74, 6) is 0.710. The molecule has 3 nitrogen and oxygen atoms in total. The molecule has 0 fully saturated rings. The van der Waals surface area contributed by atoms with Crippen LogP contribution < -0.4 is 5.73 Å². The third kappa shape index (κ3) is 3.45. The van der Waals surface area contributed by atoms with Gasteiger partial charge in [-0.05, 0) is 24.1 Å². The minimum Gasteiger partial charge on any atom is -0.478 e. The molecule has 4 heteroatoms. The van der Waals surface area contributed by atoms with Crippen LogP contribution in [0, 0.1) is 5.92 Å². The van der Waals surface area contributed by atoms with E-state index in [9.17, 15) is 4.79 Å². The molecule has 3 N–H and O–H groups in total. The van der Waals surface area contributed by atoms with E-state index in [2.05, 4.69) is 13.8 Å². The minimum absolute atomic E-state index is 0.241. The SMILES string of the molecule is CCC(C)CSc1ccc(C(=O)O)cc1N. The van der Waals surface area contributed by atoms with Crippen LogP contribution in [0.15, 0.2) is 23.1 Å². The summed E-state index contributed by atoms with van der Waals surface area (Å²) in [7, 11) is 0. The van der Waals surface area contributed by atoms with Crippen LogP contribution >= 0.6 is 11.8 Å². The molecule has 0 amide bonds. The molecular formula is C12H17NO2S. The predicted octanol–water partition coefficient (Wildman–Crippen LogP) is 3.11. The maximum Gasteiger partial charge on any atom is 0.335 e. The highest BCUT2D eigenvalue weighted by atomic mass is 32.2. The number of nitrogen functional groups attached to an aromatic ring is 1. The zero-order valence-corrected chi connectivity index (χ0v) is 10.4. The Labute approximate surface area is 100 Å². The molecular weight excluding hydrogens is 222 g/mol. The number of anilines is 1. The van der Waals surface area contributed by atoms with Crippen LogP contribution in [0.3, 0.4) is 0 Å². The summed E-state index contributed by atoms with van der Waals surface area (Å²) in [6.07, 6.45) is 1.14. The molecule has 16 heavy (non-hydrogen) atoms. The van der Waals surface area contributed by atoms with Gasteiger partial charge in [-0.15, -0.1) is 11.8 Å². The number of nitrogens with two attached hydrogens (primary N) is 1. The maximum atomic E-state index is 10.7. The van der Waals surface area contributed by atoms with E-state index in [1.54, 1.807) is 23.9 Å². The number of carboxylic acid groups (broad SMARTS) is 1. The lowest BCUT2D eigenvalue weighted by Crippen LogP contribution is -2.00. The van der Waals surface area contributed by atoms with Crippen molar-refractivity contribution >= 4 is 23.4 Å². The Kier molecular flexibility index (Phi) is 4.68. The third-order valence-corrected chi connectivity index (χ3v) is 3.90. The molecule has 0 spiro atoms. The molecule has 0 radical (unpaired) electrons. The molecule has 0 aliphatic rings. The number of rotatable bonds is 5. The first kappa shape index (κ1) is 12.9. The van der Waals surface area contributed by atoms with Crippen molar-refractivity contribution in [1.29, 1.82) is 0 Å². The van der Waals surface area contributed by atoms with Crippen LogP contribution in [-0.2, 0) is 0 Å². The quantitative estimate of drug-likeness (QED) is 0.612. The molecule has 1 aromatic carbocycles. The Morgan fingerprint density at radius 3 is 2.75 bits per heavy atom. The van der Waals surface area contributed by atoms with Gasteiger partial charge in [-0.2, -0.15) is 0 Å². The van der Waals surface area contributed by atoms with Crippen molar-refractivity contribution in [2.24, 2.45) is 5.92 Å². The number of hydrogen-bond acceptors (Lipinski definition) is 3.